The summed E-state index contributed by atoms with van der Waals surface area (Å²) in [6, 6.07) is 12.2. The molecule has 2 aromatic rings. The van der Waals surface area contributed by atoms with Gasteiger partial charge in [-0.15, -0.1) is 0 Å². The molecule has 1 amide bonds. The Morgan fingerprint density at radius 1 is 1.19 bits per heavy atom. The van der Waals surface area contributed by atoms with Crippen LogP contribution in [0.2, 0.25) is 0 Å². The minimum absolute atomic E-state index is 0.172. The Morgan fingerprint density at radius 2 is 1.85 bits per heavy atom. The molecule has 5 heteroatoms. The molecule has 136 valence electrons. The first-order valence-electron chi connectivity index (χ1n) is 8.91. The molecule has 26 heavy (non-hydrogen) atoms. The van der Waals surface area contributed by atoms with Gasteiger partial charge in [-0.2, -0.15) is 5.10 Å². The van der Waals surface area contributed by atoms with Crippen molar-refractivity contribution in [1.29, 1.82) is 0 Å². The molecule has 3 rings (SSSR count). The maximum Gasteiger partial charge on any atom is 0.268 e. The van der Waals surface area contributed by atoms with E-state index in [0.29, 0.717) is 25.2 Å². The Hall–Kier alpha value is -2.95. The Kier molecular flexibility index (Phi) is 7.09. The molecule has 0 bridgehead atoms. The second-order valence-corrected chi connectivity index (χ2v) is 5.77. The molecule has 1 aromatic carbocycles. The van der Waals surface area contributed by atoms with Crippen molar-refractivity contribution >= 4 is 11.6 Å². The zero-order valence-electron chi connectivity index (χ0n) is 15.7. The predicted molar refractivity (Wildman–Crippen MR) is 106 cm³/mol. The van der Waals surface area contributed by atoms with Crippen LogP contribution >= 0.6 is 0 Å². The monoisotopic (exact) mass is 350 g/mol. The normalized spacial score (nSPS) is 14.4. The van der Waals surface area contributed by atoms with Crippen LogP contribution in [0.5, 0.6) is 0 Å². The highest BCUT2D eigenvalue weighted by Gasteiger charge is 2.20. The van der Waals surface area contributed by atoms with E-state index in [1.807, 2.05) is 26.0 Å². The van der Waals surface area contributed by atoms with Crippen LogP contribution in [0.1, 0.15) is 30.5 Å². The van der Waals surface area contributed by atoms with Crippen LogP contribution in [0.25, 0.3) is 0 Å². The van der Waals surface area contributed by atoms with Crippen molar-refractivity contribution in [3.8, 4) is 0 Å². The zero-order valence-corrected chi connectivity index (χ0v) is 15.7. The third kappa shape index (κ3) is 5.02. The van der Waals surface area contributed by atoms with E-state index in [1.165, 1.54) is 11.1 Å². The average molecular weight is 350 g/mol. The van der Waals surface area contributed by atoms with Crippen molar-refractivity contribution in [2.45, 2.75) is 27.2 Å². The number of hydrogen-bond donors (Lipinski definition) is 1. The van der Waals surface area contributed by atoms with Crippen LogP contribution in [0, 0.1) is 6.92 Å². The van der Waals surface area contributed by atoms with Crippen molar-refractivity contribution in [2.24, 2.45) is 5.10 Å². The summed E-state index contributed by atoms with van der Waals surface area (Å²) in [5.41, 5.74) is 4.64. The van der Waals surface area contributed by atoms with Crippen LogP contribution in [0.3, 0.4) is 0 Å². The van der Waals surface area contributed by atoms with Gasteiger partial charge in [-0.25, -0.2) is 0 Å². The van der Waals surface area contributed by atoms with Gasteiger partial charge in [0, 0.05) is 30.9 Å². The first-order chi connectivity index (χ1) is 12.6. The number of rotatable bonds is 4. The van der Waals surface area contributed by atoms with Gasteiger partial charge >= 0.3 is 0 Å². The molecular formula is C21H26N4O. The van der Waals surface area contributed by atoms with Crippen molar-refractivity contribution in [2.75, 3.05) is 13.1 Å². The van der Waals surface area contributed by atoms with Crippen LogP contribution in [0.4, 0.5) is 0 Å². The van der Waals surface area contributed by atoms with E-state index in [9.17, 15) is 4.79 Å². The number of benzene rings is 1. The molecule has 0 atom stereocenters. The first kappa shape index (κ1) is 19.4. The molecule has 0 unspecified atom stereocenters. The third-order valence-corrected chi connectivity index (χ3v) is 3.93. The summed E-state index contributed by atoms with van der Waals surface area (Å²) in [6.45, 7) is 11.1. The molecule has 1 aliphatic rings. The summed E-state index contributed by atoms with van der Waals surface area (Å²) >= 11 is 0. The van der Waals surface area contributed by atoms with Crippen LogP contribution in [0.15, 0.2) is 66.2 Å². The number of amides is 1. The maximum atomic E-state index is 11.8. The number of carbonyl (C=O) groups excluding carboxylic acids is 1. The number of hydrazone groups is 1. The molecule has 0 spiro atoms. The second-order valence-electron chi connectivity index (χ2n) is 5.77. The third-order valence-electron chi connectivity index (χ3n) is 3.93. The standard InChI is InChI=1S/C19H20N4O.C2H6/c1-14-3-5-16(6-4-14)13-18(17-7-9-20-10-8-17)22-23-12-11-21-19(24)15(23)2;1-2/h3-10H,2,11-13H2,1H3,(H,21,24);1-2H3/b22-18+;. The van der Waals surface area contributed by atoms with E-state index >= 15 is 0 Å². The first-order valence-corrected chi connectivity index (χ1v) is 8.91. The van der Waals surface area contributed by atoms with Crippen LogP contribution < -0.4 is 5.32 Å². The average Bonchev–Trinajstić information content (AvgIpc) is 2.69. The van der Waals surface area contributed by atoms with Crippen LogP contribution in [-0.2, 0) is 11.2 Å². The van der Waals surface area contributed by atoms with Gasteiger partial charge in [0.2, 0.25) is 0 Å². The molecular weight excluding hydrogens is 324 g/mol. The van der Waals surface area contributed by atoms with Crippen molar-refractivity contribution in [3.05, 3.63) is 77.8 Å². The topological polar surface area (TPSA) is 57.6 Å². The number of pyridine rings is 1. The number of nitrogens with zero attached hydrogens (tertiary/aromatic N) is 3. The largest absolute Gasteiger partial charge is 0.349 e. The lowest BCUT2D eigenvalue weighted by Crippen LogP contribution is -2.43. The number of aryl methyl sites for hydroxylation is 1. The molecule has 0 saturated carbocycles. The Morgan fingerprint density at radius 3 is 2.50 bits per heavy atom. The molecule has 1 aliphatic heterocycles. The Labute approximate surface area is 155 Å². The van der Waals surface area contributed by atoms with Crippen LogP contribution in [-0.4, -0.2) is 34.7 Å². The van der Waals surface area contributed by atoms with Gasteiger partial charge in [0.25, 0.3) is 5.91 Å². The highest BCUT2D eigenvalue weighted by Crippen LogP contribution is 2.13. The van der Waals surface area contributed by atoms with Crippen molar-refractivity contribution < 1.29 is 4.79 Å². The molecule has 1 aromatic heterocycles. The van der Waals surface area contributed by atoms with Gasteiger partial charge in [0.15, 0.2) is 0 Å². The van der Waals surface area contributed by atoms with Gasteiger partial charge < -0.3 is 5.32 Å². The molecule has 2 heterocycles. The smallest absolute Gasteiger partial charge is 0.268 e. The summed E-state index contributed by atoms with van der Waals surface area (Å²) in [5, 5.41) is 9.17. The quantitative estimate of drug-likeness (QED) is 0.680. The lowest BCUT2D eigenvalue weighted by atomic mass is 10.0. The van der Waals surface area contributed by atoms with Gasteiger partial charge in [-0.1, -0.05) is 50.3 Å². The lowest BCUT2D eigenvalue weighted by molar-refractivity contribution is -0.120. The summed E-state index contributed by atoms with van der Waals surface area (Å²) in [4.78, 5) is 15.9. The summed E-state index contributed by atoms with van der Waals surface area (Å²) in [6.07, 6.45) is 4.17. The van der Waals surface area contributed by atoms with E-state index in [0.717, 1.165) is 11.3 Å². The number of aromatic nitrogens is 1. The minimum Gasteiger partial charge on any atom is -0.349 e. The fourth-order valence-corrected chi connectivity index (χ4v) is 2.52. The van der Waals surface area contributed by atoms with Crippen molar-refractivity contribution in [3.63, 3.8) is 0 Å². The second kappa shape index (κ2) is 9.51. The summed E-state index contributed by atoms with van der Waals surface area (Å²) in [5.74, 6) is -0.172. The highest BCUT2D eigenvalue weighted by atomic mass is 16.2. The SMILES string of the molecule is C=C1C(=O)NCCN1/N=C(\Cc1ccc(C)cc1)c1ccncc1.CC. The molecule has 0 aliphatic carbocycles. The van der Waals surface area contributed by atoms with Gasteiger partial charge in [-0.3, -0.25) is 14.8 Å². The Balaban J connectivity index is 0.00000117. The van der Waals surface area contributed by atoms with Gasteiger partial charge in [0.1, 0.15) is 5.70 Å². The summed E-state index contributed by atoms with van der Waals surface area (Å²) in [7, 11) is 0. The number of carbonyl (C=O) groups is 1. The minimum atomic E-state index is -0.172. The molecule has 5 nitrogen and oxygen atoms in total. The van der Waals surface area contributed by atoms with E-state index in [4.69, 9.17) is 5.10 Å². The fraction of sp³-hybridized carbons (Fsp3) is 0.286. The number of nitrogens with one attached hydrogen (secondary N) is 1. The molecule has 1 saturated heterocycles. The summed E-state index contributed by atoms with van der Waals surface area (Å²) < 4.78 is 0. The molecule has 1 fully saturated rings. The highest BCUT2D eigenvalue weighted by molar-refractivity contribution is 6.02. The zero-order chi connectivity index (χ0) is 18.9. The van der Waals surface area contributed by atoms with E-state index < -0.39 is 0 Å². The predicted octanol–water partition coefficient (Wildman–Crippen LogP) is 3.31. The van der Waals surface area contributed by atoms with E-state index in [1.54, 1.807) is 17.4 Å². The van der Waals surface area contributed by atoms with Crippen molar-refractivity contribution in [1.82, 2.24) is 15.3 Å². The van der Waals surface area contributed by atoms with E-state index in [2.05, 4.69) is 48.1 Å². The maximum absolute atomic E-state index is 11.8. The molecule has 0 radical (unpaired) electrons. The number of piperazine rings is 1. The lowest BCUT2D eigenvalue weighted by Gasteiger charge is -2.27. The Bertz CT molecular complexity index is 766. The van der Waals surface area contributed by atoms with Gasteiger partial charge in [0.05, 0.1) is 12.3 Å². The fourth-order valence-electron chi connectivity index (χ4n) is 2.52. The van der Waals surface area contributed by atoms with E-state index in [-0.39, 0.29) is 5.91 Å². The number of hydrogen-bond acceptors (Lipinski definition) is 4. The van der Waals surface area contributed by atoms with Gasteiger partial charge in [-0.05, 0) is 24.6 Å². The molecule has 1 N–H and O–H groups in total.